The second kappa shape index (κ2) is 9.12. The van der Waals surface area contributed by atoms with Gasteiger partial charge in [0.2, 0.25) is 15.9 Å². The molecule has 2 aromatic heterocycles. The molecular formula is C23H25N5O3S2. The molecule has 4 rings (SSSR count). The monoisotopic (exact) mass is 483 g/mol. The van der Waals surface area contributed by atoms with Crippen LogP contribution in [0.15, 0.2) is 64.6 Å². The summed E-state index contributed by atoms with van der Waals surface area (Å²) in [5, 5.41) is 12.7. The van der Waals surface area contributed by atoms with Gasteiger partial charge in [-0.3, -0.25) is 9.20 Å². The first-order chi connectivity index (χ1) is 15.7. The van der Waals surface area contributed by atoms with Crippen LogP contribution in [-0.2, 0) is 14.8 Å². The van der Waals surface area contributed by atoms with Crippen molar-refractivity contribution in [2.24, 2.45) is 0 Å². The molecular weight excluding hydrogens is 458 g/mol. The fourth-order valence-corrected chi connectivity index (χ4v) is 5.62. The zero-order valence-electron chi connectivity index (χ0n) is 18.7. The van der Waals surface area contributed by atoms with E-state index in [1.807, 2.05) is 35.6 Å². The molecule has 2 heterocycles. The van der Waals surface area contributed by atoms with Crippen molar-refractivity contribution in [2.75, 3.05) is 5.32 Å². The highest BCUT2D eigenvalue weighted by Crippen LogP contribution is 2.28. The van der Waals surface area contributed by atoms with E-state index >= 15 is 0 Å². The van der Waals surface area contributed by atoms with Crippen molar-refractivity contribution in [1.82, 2.24) is 19.3 Å². The number of aryl methyl sites for hydroxylation is 1. The van der Waals surface area contributed by atoms with Crippen LogP contribution in [0.4, 0.5) is 5.69 Å². The minimum Gasteiger partial charge on any atom is -0.325 e. The standard InChI is InChI=1S/C23H25N5O3S2/c1-14(2)27-33(30,31)18-11-9-17(10-12-18)24-22(29)16(4)32-23-26-25-21-13-15(3)19-7-5-6-8-20(19)28(21)23/h5-14,16,27H,1-4H3,(H,24,29). The van der Waals surface area contributed by atoms with Gasteiger partial charge in [-0.25, -0.2) is 13.1 Å². The molecule has 0 fully saturated rings. The molecule has 1 unspecified atom stereocenters. The average Bonchev–Trinajstić information content (AvgIpc) is 3.16. The fraction of sp³-hybridized carbons (Fsp3) is 0.261. The Morgan fingerprint density at radius 2 is 1.73 bits per heavy atom. The molecule has 0 saturated heterocycles. The minimum atomic E-state index is -3.58. The molecule has 0 aliphatic rings. The lowest BCUT2D eigenvalue weighted by Gasteiger charge is -2.13. The number of pyridine rings is 1. The van der Waals surface area contributed by atoms with Crippen molar-refractivity contribution >= 4 is 49.9 Å². The maximum Gasteiger partial charge on any atom is 0.240 e. The normalized spacial score (nSPS) is 13.0. The van der Waals surface area contributed by atoms with Crippen LogP contribution >= 0.6 is 11.8 Å². The van der Waals surface area contributed by atoms with Gasteiger partial charge in [0.25, 0.3) is 0 Å². The van der Waals surface area contributed by atoms with E-state index in [4.69, 9.17) is 0 Å². The van der Waals surface area contributed by atoms with Crippen molar-refractivity contribution < 1.29 is 13.2 Å². The number of sulfonamides is 1. The molecule has 0 spiro atoms. The summed E-state index contributed by atoms with van der Waals surface area (Å²) >= 11 is 1.31. The number of hydrogen-bond acceptors (Lipinski definition) is 6. The van der Waals surface area contributed by atoms with Gasteiger partial charge in [-0.2, -0.15) is 0 Å². The second-order valence-electron chi connectivity index (χ2n) is 8.07. The van der Waals surface area contributed by atoms with E-state index < -0.39 is 15.3 Å². The Hall–Kier alpha value is -2.95. The average molecular weight is 484 g/mol. The summed E-state index contributed by atoms with van der Waals surface area (Å²) in [4.78, 5) is 12.9. The zero-order chi connectivity index (χ0) is 23.8. The lowest BCUT2D eigenvalue weighted by atomic mass is 10.1. The molecule has 0 saturated carbocycles. The molecule has 0 radical (unpaired) electrons. The van der Waals surface area contributed by atoms with E-state index in [1.54, 1.807) is 32.9 Å². The smallest absolute Gasteiger partial charge is 0.240 e. The fourth-order valence-electron chi connectivity index (χ4n) is 3.50. The number of para-hydroxylation sites is 1. The lowest BCUT2D eigenvalue weighted by Crippen LogP contribution is -2.30. The Balaban J connectivity index is 1.51. The van der Waals surface area contributed by atoms with Gasteiger partial charge in [0.1, 0.15) is 0 Å². The van der Waals surface area contributed by atoms with Crippen LogP contribution in [0.5, 0.6) is 0 Å². The number of nitrogens with one attached hydrogen (secondary N) is 2. The molecule has 0 bridgehead atoms. The number of amides is 1. The van der Waals surface area contributed by atoms with Crippen molar-refractivity contribution in [3.63, 3.8) is 0 Å². The number of aromatic nitrogens is 3. The number of carbonyl (C=O) groups is 1. The number of fused-ring (bicyclic) bond motifs is 3. The maximum absolute atomic E-state index is 12.8. The highest BCUT2D eigenvalue weighted by molar-refractivity contribution is 8.00. The van der Waals surface area contributed by atoms with Crippen LogP contribution in [-0.4, -0.2) is 40.2 Å². The Morgan fingerprint density at radius 1 is 1.03 bits per heavy atom. The van der Waals surface area contributed by atoms with E-state index in [0.717, 1.165) is 22.1 Å². The third-order valence-corrected chi connectivity index (χ3v) is 7.77. The van der Waals surface area contributed by atoms with Crippen molar-refractivity contribution in [3.05, 3.63) is 60.2 Å². The number of rotatable bonds is 7. The Bertz CT molecular complexity index is 1430. The van der Waals surface area contributed by atoms with Crippen LogP contribution in [0, 0.1) is 6.92 Å². The summed E-state index contributed by atoms with van der Waals surface area (Å²) in [6, 6.07) is 15.9. The molecule has 10 heteroatoms. The van der Waals surface area contributed by atoms with Crippen LogP contribution in [0.3, 0.4) is 0 Å². The number of anilines is 1. The van der Waals surface area contributed by atoms with E-state index in [1.165, 1.54) is 23.9 Å². The van der Waals surface area contributed by atoms with Crippen LogP contribution in [0.1, 0.15) is 26.3 Å². The first kappa shape index (κ1) is 23.2. The molecule has 1 atom stereocenters. The van der Waals surface area contributed by atoms with E-state index in [-0.39, 0.29) is 16.8 Å². The second-order valence-corrected chi connectivity index (χ2v) is 11.1. The van der Waals surface area contributed by atoms with Gasteiger partial charge in [0.15, 0.2) is 10.8 Å². The molecule has 0 aliphatic carbocycles. The van der Waals surface area contributed by atoms with Gasteiger partial charge in [-0.1, -0.05) is 30.0 Å². The summed E-state index contributed by atoms with van der Waals surface area (Å²) in [5.41, 5.74) is 3.34. The number of nitrogens with zero attached hydrogens (tertiary/aromatic N) is 3. The van der Waals surface area contributed by atoms with E-state index in [9.17, 15) is 13.2 Å². The van der Waals surface area contributed by atoms with Gasteiger partial charge in [-0.15, -0.1) is 10.2 Å². The molecule has 2 N–H and O–H groups in total. The van der Waals surface area contributed by atoms with Crippen molar-refractivity contribution in [2.45, 2.75) is 49.0 Å². The first-order valence-corrected chi connectivity index (χ1v) is 12.9. The highest BCUT2D eigenvalue weighted by Gasteiger charge is 2.20. The summed E-state index contributed by atoms with van der Waals surface area (Å²) in [6.07, 6.45) is 0. The van der Waals surface area contributed by atoms with Gasteiger partial charge in [-0.05, 0) is 69.7 Å². The van der Waals surface area contributed by atoms with Gasteiger partial charge in [0, 0.05) is 17.1 Å². The van der Waals surface area contributed by atoms with Crippen molar-refractivity contribution in [3.8, 4) is 0 Å². The molecule has 8 nitrogen and oxygen atoms in total. The first-order valence-electron chi connectivity index (χ1n) is 10.5. The lowest BCUT2D eigenvalue weighted by molar-refractivity contribution is -0.115. The minimum absolute atomic E-state index is 0.147. The topological polar surface area (TPSA) is 105 Å². The molecule has 0 aliphatic heterocycles. The Kier molecular flexibility index (Phi) is 6.42. The van der Waals surface area contributed by atoms with Crippen LogP contribution < -0.4 is 10.0 Å². The quantitative estimate of drug-likeness (QED) is 0.385. The Morgan fingerprint density at radius 3 is 2.42 bits per heavy atom. The van der Waals surface area contributed by atoms with Gasteiger partial charge < -0.3 is 5.32 Å². The van der Waals surface area contributed by atoms with E-state index in [0.29, 0.717) is 10.8 Å². The summed E-state index contributed by atoms with van der Waals surface area (Å²) in [7, 11) is -3.58. The largest absolute Gasteiger partial charge is 0.325 e. The number of thioether (sulfide) groups is 1. The van der Waals surface area contributed by atoms with Crippen LogP contribution in [0.2, 0.25) is 0 Å². The molecule has 4 aromatic rings. The Labute approximate surface area is 196 Å². The SMILES string of the molecule is Cc1cc2nnc(SC(C)C(=O)Nc3ccc(S(=O)(=O)NC(C)C)cc3)n2c2ccccc12. The third kappa shape index (κ3) is 4.87. The number of benzene rings is 2. The van der Waals surface area contributed by atoms with Gasteiger partial charge >= 0.3 is 0 Å². The maximum atomic E-state index is 12.8. The predicted octanol–water partition coefficient (Wildman–Crippen LogP) is 4.00. The molecule has 1 amide bonds. The summed E-state index contributed by atoms with van der Waals surface area (Å²) in [5.74, 6) is -0.218. The predicted molar refractivity (Wildman–Crippen MR) is 131 cm³/mol. The number of hydrogen-bond donors (Lipinski definition) is 2. The van der Waals surface area contributed by atoms with E-state index in [2.05, 4.69) is 26.3 Å². The molecule has 33 heavy (non-hydrogen) atoms. The van der Waals surface area contributed by atoms with Crippen LogP contribution in [0.25, 0.3) is 16.6 Å². The summed E-state index contributed by atoms with van der Waals surface area (Å²) < 4.78 is 29.0. The summed E-state index contributed by atoms with van der Waals surface area (Å²) in [6.45, 7) is 7.35. The highest BCUT2D eigenvalue weighted by atomic mass is 32.2. The number of carbonyl (C=O) groups excluding carboxylic acids is 1. The van der Waals surface area contributed by atoms with Gasteiger partial charge in [0.05, 0.1) is 15.7 Å². The molecule has 172 valence electrons. The third-order valence-electron chi connectivity index (χ3n) is 5.05. The molecule has 2 aromatic carbocycles. The van der Waals surface area contributed by atoms with Crippen molar-refractivity contribution in [1.29, 1.82) is 0 Å². The zero-order valence-corrected chi connectivity index (χ0v) is 20.4.